The maximum atomic E-state index is 11.7. The lowest BCUT2D eigenvalue weighted by Gasteiger charge is -2.27. The average molecular weight is 226 g/mol. The van der Waals surface area contributed by atoms with Gasteiger partial charge in [-0.1, -0.05) is 33.6 Å². The number of hydrogen-bond donors (Lipinski definition) is 2. The molecule has 3 nitrogen and oxygen atoms in total. The Kier molecular flexibility index (Phi) is 5.26. The molecule has 94 valence electrons. The third-order valence-corrected chi connectivity index (χ3v) is 3.63. The monoisotopic (exact) mass is 226 g/mol. The van der Waals surface area contributed by atoms with Gasteiger partial charge in [0.25, 0.3) is 0 Å². The number of nitrogens with one attached hydrogen (secondary N) is 1. The lowest BCUT2D eigenvalue weighted by molar-refractivity contribution is -0.123. The minimum absolute atomic E-state index is 0.00762. The number of rotatable bonds is 4. The van der Waals surface area contributed by atoms with Crippen LogP contribution in [0.1, 0.15) is 46.5 Å². The first-order chi connectivity index (χ1) is 7.50. The first-order valence-electron chi connectivity index (χ1n) is 6.54. The van der Waals surface area contributed by atoms with E-state index in [0.717, 1.165) is 12.5 Å². The lowest BCUT2D eigenvalue weighted by atomic mass is 9.82. The summed E-state index contributed by atoms with van der Waals surface area (Å²) in [6, 6.07) is -0.360. The van der Waals surface area contributed by atoms with Crippen LogP contribution in [0.3, 0.4) is 0 Å². The second-order valence-electron chi connectivity index (χ2n) is 5.65. The Labute approximate surface area is 99.2 Å². The van der Waals surface area contributed by atoms with E-state index in [2.05, 4.69) is 12.2 Å². The van der Waals surface area contributed by atoms with Crippen molar-refractivity contribution < 1.29 is 4.79 Å². The Morgan fingerprint density at radius 2 is 2.12 bits per heavy atom. The number of carbonyl (C=O) groups is 1. The summed E-state index contributed by atoms with van der Waals surface area (Å²) < 4.78 is 0. The molecular formula is C13H26N2O. The summed E-state index contributed by atoms with van der Waals surface area (Å²) in [5.74, 6) is 1.69. The second kappa shape index (κ2) is 6.24. The van der Waals surface area contributed by atoms with Gasteiger partial charge in [-0.3, -0.25) is 4.79 Å². The molecule has 0 aromatic rings. The fourth-order valence-corrected chi connectivity index (χ4v) is 2.41. The zero-order valence-corrected chi connectivity index (χ0v) is 10.8. The quantitative estimate of drug-likeness (QED) is 0.769. The van der Waals surface area contributed by atoms with E-state index in [0.29, 0.717) is 5.92 Å². The molecule has 1 rings (SSSR count). The molecule has 3 atom stereocenters. The van der Waals surface area contributed by atoms with Crippen LogP contribution in [0, 0.1) is 17.8 Å². The van der Waals surface area contributed by atoms with Crippen molar-refractivity contribution in [2.75, 3.05) is 6.54 Å². The summed E-state index contributed by atoms with van der Waals surface area (Å²) in [6.45, 7) is 7.07. The summed E-state index contributed by atoms with van der Waals surface area (Å²) in [6.07, 6.45) is 5.15. The summed E-state index contributed by atoms with van der Waals surface area (Å²) in [5, 5.41) is 2.99. The van der Waals surface area contributed by atoms with Gasteiger partial charge in [-0.2, -0.15) is 0 Å². The van der Waals surface area contributed by atoms with Gasteiger partial charge in [0, 0.05) is 6.54 Å². The molecule has 0 radical (unpaired) electrons. The molecule has 1 aliphatic rings. The van der Waals surface area contributed by atoms with Gasteiger partial charge in [0.05, 0.1) is 6.04 Å². The topological polar surface area (TPSA) is 55.1 Å². The molecule has 1 fully saturated rings. The molecule has 0 bridgehead atoms. The maximum Gasteiger partial charge on any atom is 0.237 e. The van der Waals surface area contributed by atoms with Gasteiger partial charge in [0.1, 0.15) is 0 Å². The van der Waals surface area contributed by atoms with Crippen molar-refractivity contribution in [3.05, 3.63) is 0 Å². The van der Waals surface area contributed by atoms with Crippen molar-refractivity contribution in [3.8, 4) is 0 Å². The van der Waals surface area contributed by atoms with E-state index in [-0.39, 0.29) is 17.9 Å². The number of amides is 1. The molecule has 3 unspecified atom stereocenters. The van der Waals surface area contributed by atoms with Crippen LogP contribution in [0.4, 0.5) is 0 Å². The van der Waals surface area contributed by atoms with Gasteiger partial charge in [-0.05, 0) is 30.6 Å². The Bertz CT molecular complexity index is 228. The van der Waals surface area contributed by atoms with Gasteiger partial charge in [-0.25, -0.2) is 0 Å². The molecule has 0 saturated heterocycles. The van der Waals surface area contributed by atoms with Crippen molar-refractivity contribution in [2.45, 2.75) is 52.5 Å². The van der Waals surface area contributed by atoms with Gasteiger partial charge in [0.2, 0.25) is 5.91 Å². The van der Waals surface area contributed by atoms with Crippen LogP contribution in [-0.2, 0) is 4.79 Å². The van der Waals surface area contributed by atoms with Gasteiger partial charge >= 0.3 is 0 Å². The zero-order valence-electron chi connectivity index (χ0n) is 10.8. The molecule has 1 amide bonds. The molecule has 0 aromatic heterocycles. The highest BCUT2D eigenvalue weighted by molar-refractivity contribution is 5.81. The van der Waals surface area contributed by atoms with E-state index in [1.54, 1.807) is 0 Å². The summed E-state index contributed by atoms with van der Waals surface area (Å²) in [7, 11) is 0. The van der Waals surface area contributed by atoms with E-state index in [1.807, 2.05) is 13.8 Å². The molecule has 0 spiro atoms. The van der Waals surface area contributed by atoms with Crippen molar-refractivity contribution in [1.82, 2.24) is 5.32 Å². The first-order valence-corrected chi connectivity index (χ1v) is 6.54. The van der Waals surface area contributed by atoms with Crippen molar-refractivity contribution in [1.29, 1.82) is 0 Å². The number of hydrogen-bond acceptors (Lipinski definition) is 2. The standard InChI is InChI=1S/C13H26N2O/c1-9(2)12(14)13(16)15-8-11-6-4-5-10(3)7-11/h9-12H,4-8,14H2,1-3H3,(H,15,16). The van der Waals surface area contributed by atoms with E-state index in [1.165, 1.54) is 25.7 Å². The van der Waals surface area contributed by atoms with Crippen LogP contribution in [0.25, 0.3) is 0 Å². The minimum atomic E-state index is -0.360. The third-order valence-electron chi connectivity index (χ3n) is 3.63. The third kappa shape index (κ3) is 4.12. The Morgan fingerprint density at radius 1 is 1.44 bits per heavy atom. The van der Waals surface area contributed by atoms with Crippen molar-refractivity contribution in [3.63, 3.8) is 0 Å². The van der Waals surface area contributed by atoms with Crippen molar-refractivity contribution >= 4 is 5.91 Å². The van der Waals surface area contributed by atoms with E-state index >= 15 is 0 Å². The van der Waals surface area contributed by atoms with Crippen LogP contribution in [0.2, 0.25) is 0 Å². The zero-order chi connectivity index (χ0) is 12.1. The van der Waals surface area contributed by atoms with E-state index in [9.17, 15) is 4.79 Å². The fourth-order valence-electron chi connectivity index (χ4n) is 2.41. The fraction of sp³-hybridized carbons (Fsp3) is 0.923. The predicted octanol–water partition coefficient (Wildman–Crippen LogP) is 1.91. The largest absolute Gasteiger partial charge is 0.354 e. The van der Waals surface area contributed by atoms with E-state index < -0.39 is 0 Å². The number of carbonyl (C=O) groups excluding carboxylic acids is 1. The minimum Gasteiger partial charge on any atom is -0.354 e. The van der Waals surface area contributed by atoms with Crippen molar-refractivity contribution in [2.24, 2.45) is 23.5 Å². The Hall–Kier alpha value is -0.570. The van der Waals surface area contributed by atoms with Crippen LogP contribution in [0.15, 0.2) is 0 Å². The SMILES string of the molecule is CC1CCCC(CNC(=O)C(N)C(C)C)C1. The van der Waals surface area contributed by atoms with Crippen LogP contribution >= 0.6 is 0 Å². The highest BCUT2D eigenvalue weighted by atomic mass is 16.2. The smallest absolute Gasteiger partial charge is 0.237 e. The first kappa shape index (κ1) is 13.5. The molecule has 0 aliphatic heterocycles. The predicted molar refractivity (Wildman–Crippen MR) is 66.9 cm³/mol. The van der Waals surface area contributed by atoms with Crippen LogP contribution in [-0.4, -0.2) is 18.5 Å². The second-order valence-corrected chi connectivity index (χ2v) is 5.65. The highest BCUT2D eigenvalue weighted by Crippen LogP contribution is 2.27. The Morgan fingerprint density at radius 3 is 2.69 bits per heavy atom. The van der Waals surface area contributed by atoms with Gasteiger partial charge in [-0.15, -0.1) is 0 Å². The Balaban J connectivity index is 2.25. The summed E-state index contributed by atoms with van der Waals surface area (Å²) in [4.78, 5) is 11.7. The molecule has 3 N–H and O–H groups in total. The average Bonchev–Trinajstić information content (AvgIpc) is 2.24. The molecule has 0 aromatic carbocycles. The molecule has 3 heteroatoms. The molecule has 1 saturated carbocycles. The van der Waals surface area contributed by atoms with Gasteiger partial charge < -0.3 is 11.1 Å². The number of nitrogens with two attached hydrogens (primary N) is 1. The summed E-state index contributed by atoms with van der Waals surface area (Å²) >= 11 is 0. The van der Waals surface area contributed by atoms with Crippen LogP contribution in [0.5, 0.6) is 0 Å². The molecular weight excluding hydrogens is 200 g/mol. The molecule has 1 aliphatic carbocycles. The molecule has 16 heavy (non-hydrogen) atoms. The summed E-state index contributed by atoms with van der Waals surface area (Å²) in [5.41, 5.74) is 5.79. The van der Waals surface area contributed by atoms with Gasteiger partial charge in [0.15, 0.2) is 0 Å². The highest BCUT2D eigenvalue weighted by Gasteiger charge is 2.21. The van der Waals surface area contributed by atoms with Crippen LogP contribution < -0.4 is 11.1 Å². The molecule has 0 heterocycles. The maximum absolute atomic E-state index is 11.7. The lowest BCUT2D eigenvalue weighted by Crippen LogP contribution is -2.45. The van der Waals surface area contributed by atoms with E-state index in [4.69, 9.17) is 5.73 Å². The normalized spacial score (nSPS) is 27.8.